The van der Waals surface area contributed by atoms with Gasteiger partial charge in [0.05, 0.1) is 0 Å². The second-order valence-electron chi connectivity index (χ2n) is 3.32. The van der Waals surface area contributed by atoms with Crippen LogP contribution in [0.2, 0.25) is 11.6 Å². The smallest absolute Gasteiger partial charge is 0.143 e. The molecule has 0 aromatic rings. The Labute approximate surface area is 70.3 Å². The lowest BCUT2D eigenvalue weighted by atomic mass is 10.0. The molecule has 0 heterocycles. The zero-order valence-electron chi connectivity index (χ0n) is 6.78. The van der Waals surface area contributed by atoms with Crippen LogP contribution in [0.15, 0.2) is 0 Å². The molecule has 1 atom stereocenters. The zero-order chi connectivity index (χ0) is 7.40. The fourth-order valence-electron chi connectivity index (χ4n) is 1.83. The molecule has 2 heteroatoms. The molecular formula is C8H17ClSi. The molecule has 0 aromatic carbocycles. The van der Waals surface area contributed by atoms with Crippen LogP contribution in [0.3, 0.4) is 0 Å². The Morgan fingerprint density at radius 3 is 2.40 bits per heavy atom. The molecule has 0 amide bonds. The standard InChI is InChI=1S/C8H17ClSi/c1-2-10(9)8-6-4-3-5-7-8/h8,10H,2-7H2,1H3. The van der Waals surface area contributed by atoms with Gasteiger partial charge in [-0.25, -0.2) is 0 Å². The highest BCUT2D eigenvalue weighted by Gasteiger charge is 2.21. The molecule has 0 nitrogen and oxygen atoms in total. The first-order valence-electron chi connectivity index (χ1n) is 4.48. The average Bonchev–Trinajstić information content (AvgIpc) is 2.05. The van der Waals surface area contributed by atoms with Crippen LogP contribution in [-0.4, -0.2) is 8.11 Å². The summed E-state index contributed by atoms with van der Waals surface area (Å²) in [6.45, 7) is 2.25. The summed E-state index contributed by atoms with van der Waals surface area (Å²) in [5, 5.41) is 0. The molecule has 1 saturated carbocycles. The number of hydrogen-bond donors (Lipinski definition) is 0. The van der Waals surface area contributed by atoms with E-state index in [1.807, 2.05) is 0 Å². The summed E-state index contributed by atoms with van der Waals surface area (Å²) in [6.07, 6.45) is 7.22. The molecule has 0 aromatic heterocycles. The first kappa shape index (κ1) is 8.60. The number of rotatable bonds is 2. The van der Waals surface area contributed by atoms with Crippen molar-refractivity contribution < 1.29 is 0 Å². The fraction of sp³-hybridized carbons (Fsp3) is 1.00. The summed E-state index contributed by atoms with van der Waals surface area (Å²) in [5.41, 5.74) is 0.973. The van der Waals surface area contributed by atoms with Crippen LogP contribution in [0.4, 0.5) is 0 Å². The maximum absolute atomic E-state index is 6.28. The monoisotopic (exact) mass is 176 g/mol. The van der Waals surface area contributed by atoms with Gasteiger partial charge in [0.25, 0.3) is 0 Å². The van der Waals surface area contributed by atoms with Gasteiger partial charge in [0.2, 0.25) is 0 Å². The van der Waals surface area contributed by atoms with E-state index in [4.69, 9.17) is 11.1 Å². The van der Waals surface area contributed by atoms with Crippen molar-refractivity contribution in [2.75, 3.05) is 0 Å². The van der Waals surface area contributed by atoms with Crippen LogP contribution in [0, 0.1) is 0 Å². The summed E-state index contributed by atoms with van der Waals surface area (Å²) in [5.74, 6) is 0. The Morgan fingerprint density at radius 1 is 1.30 bits per heavy atom. The van der Waals surface area contributed by atoms with Gasteiger partial charge in [-0.1, -0.05) is 39.0 Å². The Morgan fingerprint density at radius 2 is 1.90 bits per heavy atom. The van der Waals surface area contributed by atoms with E-state index < -0.39 is 8.11 Å². The quantitative estimate of drug-likeness (QED) is 0.448. The molecule has 1 aliphatic rings. The highest BCUT2D eigenvalue weighted by Crippen LogP contribution is 2.33. The van der Waals surface area contributed by atoms with E-state index >= 15 is 0 Å². The molecule has 60 valence electrons. The lowest BCUT2D eigenvalue weighted by Gasteiger charge is -2.23. The summed E-state index contributed by atoms with van der Waals surface area (Å²) < 4.78 is 0. The van der Waals surface area contributed by atoms with Gasteiger partial charge in [0, 0.05) is 0 Å². The fourth-order valence-corrected chi connectivity index (χ4v) is 4.45. The predicted octanol–water partition coefficient (Wildman–Crippen LogP) is 3.30. The second-order valence-corrected chi connectivity index (χ2v) is 7.80. The van der Waals surface area contributed by atoms with Gasteiger partial charge in [0.1, 0.15) is 8.11 Å². The van der Waals surface area contributed by atoms with Crippen LogP contribution >= 0.6 is 11.1 Å². The lowest BCUT2D eigenvalue weighted by Crippen LogP contribution is -2.15. The van der Waals surface area contributed by atoms with Crippen molar-refractivity contribution in [3.05, 3.63) is 0 Å². The van der Waals surface area contributed by atoms with E-state index in [0.717, 1.165) is 5.54 Å². The van der Waals surface area contributed by atoms with Crippen molar-refractivity contribution in [2.45, 2.75) is 50.6 Å². The minimum absolute atomic E-state index is 0.790. The van der Waals surface area contributed by atoms with Crippen LogP contribution in [0.5, 0.6) is 0 Å². The van der Waals surface area contributed by atoms with Gasteiger partial charge in [-0.3, -0.25) is 0 Å². The first-order valence-corrected chi connectivity index (χ1v) is 7.71. The van der Waals surface area contributed by atoms with Crippen molar-refractivity contribution in [1.82, 2.24) is 0 Å². The average molecular weight is 177 g/mol. The third-order valence-electron chi connectivity index (χ3n) is 2.55. The van der Waals surface area contributed by atoms with Crippen molar-refractivity contribution in [3.8, 4) is 0 Å². The minimum Gasteiger partial charge on any atom is -0.171 e. The molecule has 1 rings (SSSR count). The van der Waals surface area contributed by atoms with Gasteiger partial charge in [-0.2, -0.15) is 11.1 Å². The van der Waals surface area contributed by atoms with E-state index in [0.29, 0.717) is 0 Å². The largest absolute Gasteiger partial charge is 0.171 e. The predicted molar refractivity (Wildman–Crippen MR) is 50.3 cm³/mol. The molecular weight excluding hydrogens is 160 g/mol. The third kappa shape index (κ3) is 2.28. The Hall–Kier alpha value is 0.507. The van der Waals surface area contributed by atoms with E-state index in [-0.39, 0.29) is 0 Å². The molecule has 0 radical (unpaired) electrons. The SMILES string of the molecule is CC[SiH](Cl)C1CCCCC1. The van der Waals surface area contributed by atoms with Gasteiger partial charge in [0.15, 0.2) is 0 Å². The van der Waals surface area contributed by atoms with E-state index in [2.05, 4.69) is 6.92 Å². The summed E-state index contributed by atoms with van der Waals surface area (Å²) in [6, 6.07) is 1.28. The Balaban J connectivity index is 2.24. The van der Waals surface area contributed by atoms with Gasteiger partial charge in [-0.15, -0.1) is 0 Å². The highest BCUT2D eigenvalue weighted by molar-refractivity contribution is 7.07. The van der Waals surface area contributed by atoms with E-state index in [1.165, 1.54) is 38.1 Å². The van der Waals surface area contributed by atoms with E-state index in [9.17, 15) is 0 Å². The molecule has 0 spiro atoms. The van der Waals surface area contributed by atoms with E-state index in [1.54, 1.807) is 0 Å². The van der Waals surface area contributed by atoms with Gasteiger partial charge >= 0.3 is 0 Å². The molecule has 1 fully saturated rings. The normalized spacial score (nSPS) is 24.6. The summed E-state index contributed by atoms with van der Waals surface area (Å²) in [7, 11) is -0.790. The van der Waals surface area contributed by atoms with Crippen LogP contribution in [-0.2, 0) is 0 Å². The van der Waals surface area contributed by atoms with Gasteiger partial charge in [-0.05, 0) is 11.6 Å². The van der Waals surface area contributed by atoms with Crippen molar-refractivity contribution in [2.24, 2.45) is 0 Å². The molecule has 0 N–H and O–H groups in total. The van der Waals surface area contributed by atoms with Crippen LogP contribution in [0.25, 0.3) is 0 Å². The summed E-state index contributed by atoms with van der Waals surface area (Å²) in [4.78, 5) is 0. The molecule has 10 heavy (non-hydrogen) atoms. The molecule has 0 bridgehead atoms. The maximum atomic E-state index is 6.28. The molecule has 1 unspecified atom stereocenters. The Kier molecular flexibility index (Phi) is 3.78. The van der Waals surface area contributed by atoms with Crippen LogP contribution in [0.1, 0.15) is 39.0 Å². The maximum Gasteiger partial charge on any atom is 0.143 e. The second kappa shape index (κ2) is 4.40. The van der Waals surface area contributed by atoms with Crippen molar-refractivity contribution >= 4 is 19.2 Å². The molecule has 1 aliphatic carbocycles. The molecule has 0 saturated heterocycles. The Bertz CT molecular complexity index is 89.3. The highest BCUT2D eigenvalue weighted by atomic mass is 35.6. The number of hydrogen-bond acceptors (Lipinski definition) is 0. The van der Waals surface area contributed by atoms with Gasteiger partial charge < -0.3 is 0 Å². The molecule has 0 aliphatic heterocycles. The number of halogens is 1. The first-order chi connectivity index (χ1) is 4.84. The minimum atomic E-state index is -0.790. The van der Waals surface area contributed by atoms with Crippen molar-refractivity contribution in [3.63, 3.8) is 0 Å². The zero-order valence-corrected chi connectivity index (χ0v) is 8.69. The summed E-state index contributed by atoms with van der Waals surface area (Å²) >= 11 is 6.28. The van der Waals surface area contributed by atoms with Crippen LogP contribution < -0.4 is 0 Å². The third-order valence-corrected chi connectivity index (χ3v) is 7.02. The lowest BCUT2D eigenvalue weighted by molar-refractivity contribution is 0.498. The topological polar surface area (TPSA) is 0 Å². The van der Waals surface area contributed by atoms with Crippen molar-refractivity contribution in [1.29, 1.82) is 0 Å².